The molecule has 0 spiro atoms. The molecule has 1 aromatic carbocycles. The van der Waals surface area contributed by atoms with Gasteiger partial charge in [0.2, 0.25) is 5.91 Å². The van der Waals surface area contributed by atoms with Gasteiger partial charge in [-0.15, -0.1) is 0 Å². The fraction of sp³-hybridized carbons (Fsp3) is 0.462. The molecule has 0 radical (unpaired) electrons. The van der Waals surface area contributed by atoms with E-state index in [1.165, 1.54) is 0 Å². The number of carbonyl (C=O) groups excluding carboxylic acids is 1. The van der Waals surface area contributed by atoms with Gasteiger partial charge in [0.15, 0.2) is 0 Å². The maximum Gasteiger partial charge on any atom is 0.221 e. The summed E-state index contributed by atoms with van der Waals surface area (Å²) in [4.78, 5) is 11.2. The van der Waals surface area contributed by atoms with Crippen molar-refractivity contribution in [1.29, 1.82) is 0 Å². The maximum atomic E-state index is 11.2. The second-order valence-corrected chi connectivity index (χ2v) is 4.01. The fourth-order valence-electron chi connectivity index (χ4n) is 1.57. The van der Waals surface area contributed by atoms with Crippen LogP contribution >= 0.6 is 0 Å². The lowest BCUT2D eigenvalue weighted by atomic mass is 10.1. The van der Waals surface area contributed by atoms with Crippen LogP contribution in [0.25, 0.3) is 0 Å². The summed E-state index contributed by atoms with van der Waals surface area (Å²) >= 11 is 0. The van der Waals surface area contributed by atoms with Gasteiger partial charge in [0, 0.05) is 31.6 Å². The molecule has 1 rings (SSSR count). The number of carbonyl (C=O) groups is 1. The molecule has 0 saturated carbocycles. The van der Waals surface area contributed by atoms with E-state index < -0.39 is 0 Å². The highest BCUT2D eigenvalue weighted by atomic mass is 16.3. The highest BCUT2D eigenvalue weighted by Crippen LogP contribution is 2.17. The highest BCUT2D eigenvalue weighted by molar-refractivity contribution is 5.75. The molecule has 94 valence electrons. The van der Waals surface area contributed by atoms with Crippen LogP contribution < -0.4 is 10.6 Å². The second kappa shape index (κ2) is 6.91. The van der Waals surface area contributed by atoms with Crippen molar-refractivity contribution in [1.82, 2.24) is 10.6 Å². The highest BCUT2D eigenvalue weighted by Gasteiger charge is 2.02. The summed E-state index contributed by atoms with van der Waals surface area (Å²) in [5.41, 5.74) is 1.98. The van der Waals surface area contributed by atoms with E-state index in [0.29, 0.717) is 31.8 Å². The molecule has 4 nitrogen and oxygen atoms in total. The van der Waals surface area contributed by atoms with Gasteiger partial charge in [-0.25, -0.2) is 0 Å². The first-order chi connectivity index (χ1) is 8.13. The van der Waals surface area contributed by atoms with Crippen LogP contribution in [0.1, 0.15) is 24.5 Å². The maximum absolute atomic E-state index is 11.2. The molecule has 0 aliphatic rings. The van der Waals surface area contributed by atoms with Crippen LogP contribution in [0.4, 0.5) is 0 Å². The Morgan fingerprint density at radius 3 is 2.88 bits per heavy atom. The Kier molecular flexibility index (Phi) is 5.49. The van der Waals surface area contributed by atoms with Crippen LogP contribution in [0.2, 0.25) is 0 Å². The van der Waals surface area contributed by atoms with Crippen LogP contribution in [-0.4, -0.2) is 24.1 Å². The molecule has 0 heterocycles. The van der Waals surface area contributed by atoms with Crippen molar-refractivity contribution >= 4 is 5.91 Å². The standard InChI is InChI=1S/C13H20N2O2/c1-3-15-13(17)6-7-14-9-11-8-10(2)4-5-12(11)16/h4-5,8,14,16H,3,6-7,9H2,1-2H3,(H,15,17). The summed E-state index contributed by atoms with van der Waals surface area (Å²) in [6, 6.07) is 5.50. The van der Waals surface area contributed by atoms with Crippen LogP contribution in [0.5, 0.6) is 5.75 Å². The van der Waals surface area contributed by atoms with Crippen LogP contribution in [0.15, 0.2) is 18.2 Å². The molecule has 3 N–H and O–H groups in total. The third-order valence-corrected chi connectivity index (χ3v) is 2.45. The van der Waals surface area contributed by atoms with E-state index in [0.717, 1.165) is 11.1 Å². The van der Waals surface area contributed by atoms with Gasteiger partial charge >= 0.3 is 0 Å². The molecule has 17 heavy (non-hydrogen) atoms. The quantitative estimate of drug-likeness (QED) is 0.653. The van der Waals surface area contributed by atoms with Crippen LogP contribution in [0.3, 0.4) is 0 Å². The number of phenols is 1. The summed E-state index contributed by atoms with van der Waals surface area (Å²) in [6.07, 6.45) is 0.459. The third kappa shape index (κ3) is 4.87. The van der Waals surface area contributed by atoms with Gasteiger partial charge in [-0.2, -0.15) is 0 Å². The molecule has 0 unspecified atom stereocenters. The summed E-state index contributed by atoms with van der Waals surface area (Å²) in [5.74, 6) is 0.342. The Labute approximate surface area is 102 Å². The zero-order chi connectivity index (χ0) is 12.7. The van der Waals surface area contributed by atoms with Crippen LogP contribution in [-0.2, 0) is 11.3 Å². The number of rotatable bonds is 6. The minimum Gasteiger partial charge on any atom is -0.508 e. The van der Waals surface area contributed by atoms with E-state index in [1.54, 1.807) is 6.07 Å². The number of aromatic hydroxyl groups is 1. The molecule has 0 saturated heterocycles. The van der Waals surface area contributed by atoms with Gasteiger partial charge in [-0.3, -0.25) is 4.79 Å². The predicted octanol–water partition coefficient (Wildman–Crippen LogP) is 1.32. The number of phenolic OH excluding ortho intramolecular Hbond substituents is 1. The zero-order valence-corrected chi connectivity index (χ0v) is 10.4. The van der Waals surface area contributed by atoms with E-state index in [4.69, 9.17) is 0 Å². The van der Waals surface area contributed by atoms with Crippen molar-refractivity contribution in [3.05, 3.63) is 29.3 Å². The monoisotopic (exact) mass is 236 g/mol. The number of benzene rings is 1. The van der Waals surface area contributed by atoms with Crippen molar-refractivity contribution in [2.75, 3.05) is 13.1 Å². The molecule has 4 heteroatoms. The lowest BCUT2D eigenvalue weighted by Crippen LogP contribution is -2.27. The zero-order valence-electron chi connectivity index (χ0n) is 10.4. The van der Waals surface area contributed by atoms with Gasteiger partial charge in [-0.1, -0.05) is 17.7 Å². The average Bonchev–Trinajstić information content (AvgIpc) is 2.29. The van der Waals surface area contributed by atoms with Crippen molar-refractivity contribution in [3.8, 4) is 5.75 Å². The third-order valence-electron chi connectivity index (χ3n) is 2.45. The molecule has 0 atom stereocenters. The van der Waals surface area contributed by atoms with Crippen molar-refractivity contribution in [2.24, 2.45) is 0 Å². The van der Waals surface area contributed by atoms with Gasteiger partial charge in [-0.05, 0) is 19.9 Å². The lowest BCUT2D eigenvalue weighted by Gasteiger charge is -2.07. The number of hydrogen-bond donors (Lipinski definition) is 3. The molecule has 0 aliphatic heterocycles. The van der Waals surface area contributed by atoms with E-state index in [2.05, 4.69) is 10.6 Å². The van der Waals surface area contributed by atoms with Crippen molar-refractivity contribution in [2.45, 2.75) is 26.8 Å². The Bertz CT molecular complexity index is 378. The summed E-state index contributed by atoms with van der Waals surface area (Å²) in [6.45, 7) is 5.73. The predicted molar refractivity (Wildman–Crippen MR) is 67.9 cm³/mol. The molecular formula is C13H20N2O2. The minimum absolute atomic E-state index is 0.0495. The fourth-order valence-corrected chi connectivity index (χ4v) is 1.57. The van der Waals surface area contributed by atoms with Gasteiger partial charge in [0.25, 0.3) is 0 Å². The van der Waals surface area contributed by atoms with E-state index in [1.807, 2.05) is 26.0 Å². The Morgan fingerprint density at radius 2 is 2.18 bits per heavy atom. The lowest BCUT2D eigenvalue weighted by molar-refractivity contribution is -0.120. The summed E-state index contributed by atoms with van der Waals surface area (Å²) in [5, 5.41) is 15.5. The molecule has 0 aliphatic carbocycles. The number of amides is 1. The largest absolute Gasteiger partial charge is 0.508 e. The molecule has 0 aromatic heterocycles. The number of nitrogens with one attached hydrogen (secondary N) is 2. The number of hydrogen-bond acceptors (Lipinski definition) is 3. The Hall–Kier alpha value is -1.55. The van der Waals surface area contributed by atoms with Crippen molar-refractivity contribution < 1.29 is 9.90 Å². The normalized spacial score (nSPS) is 10.2. The number of aryl methyl sites for hydroxylation is 1. The first-order valence-corrected chi connectivity index (χ1v) is 5.89. The van der Waals surface area contributed by atoms with Crippen molar-refractivity contribution in [3.63, 3.8) is 0 Å². The minimum atomic E-state index is 0.0495. The van der Waals surface area contributed by atoms with E-state index in [9.17, 15) is 9.90 Å². The molecular weight excluding hydrogens is 216 g/mol. The molecule has 1 amide bonds. The average molecular weight is 236 g/mol. The molecule has 0 bridgehead atoms. The van der Waals surface area contributed by atoms with Gasteiger partial charge in [0.1, 0.15) is 5.75 Å². The summed E-state index contributed by atoms with van der Waals surface area (Å²) < 4.78 is 0. The van der Waals surface area contributed by atoms with Gasteiger partial charge in [0.05, 0.1) is 0 Å². The Morgan fingerprint density at radius 1 is 1.41 bits per heavy atom. The van der Waals surface area contributed by atoms with E-state index >= 15 is 0 Å². The molecule has 0 fully saturated rings. The summed E-state index contributed by atoms with van der Waals surface area (Å²) in [7, 11) is 0. The van der Waals surface area contributed by atoms with Crippen LogP contribution in [0, 0.1) is 6.92 Å². The Balaban J connectivity index is 2.31. The van der Waals surface area contributed by atoms with E-state index in [-0.39, 0.29) is 5.91 Å². The van der Waals surface area contributed by atoms with Gasteiger partial charge < -0.3 is 15.7 Å². The first-order valence-electron chi connectivity index (χ1n) is 5.89. The topological polar surface area (TPSA) is 61.4 Å². The first kappa shape index (κ1) is 13.5. The molecule has 1 aromatic rings. The second-order valence-electron chi connectivity index (χ2n) is 4.01. The smallest absolute Gasteiger partial charge is 0.221 e. The SMILES string of the molecule is CCNC(=O)CCNCc1cc(C)ccc1O.